The Kier molecular flexibility index (Phi) is 3.40. The average molecular weight is 249 g/mol. The summed E-state index contributed by atoms with van der Waals surface area (Å²) in [5.41, 5.74) is 1.77. The number of aromatic nitrogens is 2. The number of hydrogen-bond acceptors (Lipinski definition) is 5. The van der Waals surface area contributed by atoms with Crippen LogP contribution in [-0.2, 0) is 0 Å². The summed E-state index contributed by atoms with van der Waals surface area (Å²) >= 11 is 1.54. The first-order valence-corrected chi connectivity index (χ1v) is 6.24. The standard InChI is InChI=1S/C12H15N3OS/c1-7-4-5-9(6-10(7)16)12-15-14-11(17-12)8(2)13-3/h4-6,8,13,16H,1-3H3. The SMILES string of the molecule is CNC(C)c1nnc(-c2ccc(C)c(O)c2)s1. The predicted molar refractivity (Wildman–Crippen MR) is 69.2 cm³/mol. The minimum absolute atomic E-state index is 0.195. The Bertz CT molecular complexity index is 524. The van der Waals surface area contributed by atoms with Crippen LogP contribution in [-0.4, -0.2) is 22.4 Å². The molecule has 0 saturated carbocycles. The number of aryl methyl sites for hydroxylation is 1. The number of hydrogen-bond donors (Lipinski definition) is 2. The van der Waals surface area contributed by atoms with Crippen LogP contribution in [0.5, 0.6) is 5.75 Å². The van der Waals surface area contributed by atoms with E-state index in [-0.39, 0.29) is 6.04 Å². The van der Waals surface area contributed by atoms with Gasteiger partial charge in [-0.1, -0.05) is 23.5 Å². The lowest BCUT2D eigenvalue weighted by atomic mass is 10.1. The molecule has 2 aromatic rings. The molecule has 1 unspecified atom stereocenters. The molecule has 90 valence electrons. The third kappa shape index (κ3) is 2.45. The van der Waals surface area contributed by atoms with E-state index in [4.69, 9.17) is 0 Å². The van der Waals surface area contributed by atoms with Crippen LogP contribution in [0.25, 0.3) is 10.6 Å². The van der Waals surface area contributed by atoms with E-state index in [1.807, 2.05) is 33.0 Å². The zero-order chi connectivity index (χ0) is 12.4. The first-order valence-electron chi connectivity index (χ1n) is 5.42. The molecule has 0 aliphatic rings. The molecular formula is C12H15N3OS. The summed E-state index contributed by atoms with van der Waals surface area (Å²) in [7, 11) is 1.89. The van der Waals surface area contributed by atoms with Crippen molar-refractivity contribution < 1.29 is 5.11 Å². The van der Waals surface area contributed by atoms with E-state index in [0.717, 1.165) is 21.1 Å². The molecule has 0 spiro atoms. The maximum Gasteiger partial charge on any atom is 0.147 e. The van der Waals surface area contributed by atoms with Gasteiger partial charge in [0.05, 0.1) is 6.04 Å². The molecule has 2 N–H and O–H groups in total. The van der Waals surface area contributed by atoms with Crippen molar-refractivity contribution in [3.05, 3.63) is 28.8 Å². The minimum atomic E-state index is 0.195. The van der Waals surface area contributed by atoms with Gasteiger partial charge in [0.15, 0.2) is 0 Å². The molecule has 4 nitrogen and oxygen atoms in total. The van der Waals surface area contributed by atoms with Crippen LogP contribution in [0.15, 0.2) is 18.2 Å². The Morgan fingerprint density at radius 3 is 2.76 bits per heavy atom. The summed E-state index contributed by atoms with van der Waals surface area (Å²) in [5, 5.41) is 22.9. The highest BCUT2D eigenvalue weighted by Crippen LogP contribution is 2.29. The highest BCUT2D eigenvalue weighted by Gasteiger charge is 2.12. The van der Waals surface area contributed by atoms with Crippen molar-refractivity contribution >= 4 is 11.3 Å². The lowest BCUT2D eigenvalue weighted by Gasteiger charge is -2.03. The molecule has 1 atom stereocenters. The maximum atomic E-state index is 9.67. The van der Waals surface area contributed by atoms with Crippen molar-refractivity contribution in [3.63, 3.8) is 0 Å². The number of aromatic hydroxyl groups is 1. The van der Waals surface area contributed by atoms with E-state index in [0.29, 0.717) is 5.75 Å². The van der Waals surface area contributed by atoms with Crippen molar-refractivity contribution in [3.8, 4) is 16.3 Å². The average Bonchev–Trinajstić information content (AvgIpc) is 2.81. The molecule has 5 heteroatoms. The van der Waals surface area contributed by atoms with Crippen LogP contribution in [0.1, 0.15) is 23.5 Å². The topological polar surface area (TPSA) is 58.0 Å². The number of phenolic OH excluding ortho intramolecular Hbond substituents is 1. The second-order valence-electron chi connectivity index (χ2n) is 3.96. The molecule has 1 aromatic heterocycles. The van der Waals surface area contributed by atoms with Gasteiger partial charge in [0.2, 0.25) is 0 Å². The van der Waals surface area contributed by atoms with Gasteiger partial charge in [-0.3, -0.25) is 0 Å². The normalized spacial score (nSPS) is 12.6. The highest BCUT2D eigenvalue weighted by molar-refractivity contribution is 7.14. The summed E-state index contributed by atoms with van der Waals surface area (Å²) in [4.78, 5) is 0. The fourth-order valence-corrected chi connectivity index (χ4v) is 2.29. The summed E-state index contributed by atoms with van der Waals surface area (Å²) in [5.74, 6) is 0.293. The van der Waals surface area contributed by atoms with Gasteiger partial charge in [-0.15, -0.1) is 10.2 Å². The molecule has 0 aliphatic heterocycles. The number of phenols is 1. The molecule has 2 rings (SSSR count). The van der Waals surface area contributed by atoms with E-state index in [1.165, 1.54) is 11.3 Å². The number of nitrogens with one attached hydrogen (secondary N) is 1. The van der Waals surface area contributed by atoms with E-state index in [1.54, 1.807) is 6.07 Å². The Hall–Kier alpha value is -1.46. The first-order chi connectivity index (χ1) is 8.11. The molecule has 1 heterocycles. The van der Waals surface area contributed by atoms with Crippen LogP contribution in [0, 0.1) is 6.92 Å². The Morgan fingerprint density at radius 2 is 2.12 bits per heavy atom. The summed E-state index contributed by atoms with van der Waals surface area (Å²) in [6, 6.07) is 5.75. The second-order valence-corrected chi connectivity index (χ2v) is 4.97. The Morgan fingerprint density at radius 1 is 1.35 bits per heavy atom. The van der Waals surface area contributed by atoms with Crippen molar-refractivity contribution in [2.24, 2.45) is 0 Å². The van der Waals surface area contributed by atoms with Gasteiger partial charge in [-0.05, 0) is 32.5 Å². The minimum Gasteiger partial charge on any atom is -0.508 e. The maximum absolute atomic E-state index is 9.67. The Balaban J connectivity index is 2.33. The first kappa shape index (κ1) is 12.0. The molecule has 0 bridgehead atoms. The highest BCUT2D eigenvalue weighted by atomic mass is 32.1. The van der Waals surface area contributed by atoms with Gasteiger partial charge in [0.1, 0.15) is 15.8 Å². The second kappa shape index (κ2) is 4.81. The van der Waals surface area contributed by atoms with Gasteiger partial charge >= 0.3 is 0 Å². The van der Waals surface area contributed by atoms with Crippen LogP contribution < -0.4 is 5.32 Å². The van der Waals surface area contributed by atoms with Gasteiger partial charge in [0, 0.05) is 5.56 Å². The van der Waals surface area contributed by atoms with Crippen LogP contribution >= 0.6 is 11.3 Å². The molecule has 1 aromatic carbocycles. The van der Waals surface area contributed by atoms with Crippen LogP contribution in [0.4, 0.5) is 0 Å². The third-order valence-corrected chi connectivity index (χ3v) is 3.86. The fourth-order valence-electron chi connectivity index (χ4n) is 1.39. The fraction of sp³-hybridized carbons (Fsp3) is 0.333. The summed E-state index contributed by atoms with van der Waals surface area (Å²) < 4.78 is 0. The Labute approximate surface area is 104 Å². The van der Waals surface area contributed by atoms with E-state index in [9.17, 15) is 5.11 Å². The van der Waals surface area contributed by atoms with Crippen molar-refractivity contribution in [2.45, 2.75) is 19.9 Å². The van der Waals surface area contributed by atoms with Gasteiger partial charge in [0.25, 0.3) is 0 Å². The van der Waals surface area contributed by atoms with E-state index < -0.39 is 0 Å². The molecular weight excluding hydrogens is 234 g/mol. The van der Waals surface area contributed by atoms with Crippen molar-refractivity contribution in [2.75, 3.05) is 7.05 Å². The largest absolute Gasteiger partial charge is 0.508 e. The smallest absolute Gasteiger partial charge is 0.147 e. The molecule has 0 fully saturated rings. The van der Waals surface area contributed by atoms with Crippen molar-refractivity contribution in [1.82, 2.24) is 15.5 Å². The lowest BCUT2D eigenvalue weighted by molar-refractivity contribution is 0.471. The lowest BCUT2D eigenvalue weighted by Crippen LogP contribution is -2.11. The van der Waals surface area contributed by atoms with E-state index in [2.05, 4.69) is 15.5 Å². The van der Waals surface area contributed by atoms with Gasteiger partial charge < -0.3 is 10.4 Å². The predicted octanol–water partition coefficient (Wildman–Crippen LogP) is 2.50. The van der Waals surface area contributed by atoms with Gasteiger partial charge in [-0.2, -0.15) is 0 Å². The monoisotopic (exact) mass is 249 g/mol. The number of rotatable bonds is 3. The summed E-state index contributed by atoms with van der Waals surface area (Å²) in [6.07, 6.45) is 0. The zero-order valence-corrected chi connectivity index (χ0v) is 10.9. The third-order valence-electron chi connectivity index (χ3n) is 2.70. The molecule has 0 amide bonds. The van der Waals surface area contributed by atoms with E-state index >= 15 is 0 Å². The van der Waals surface area contributed by atoms with Gasteiger partial charge in [-0.25, -0.2) is 0 Å². The van der Waals surface area contributed by atoms with Crippen LogP contribution in [0.2, 0.25) is 0 Å². The quantitative estimate of drug-likeness (QED) is 0.877. The molecule has 0 saturated heterocycles. The zero-order valence-electron chi connectivity index (χ0n) is 10.1. The molecule has 0 radical (unpaired) electrons. The molecule has 0 aliphatic carbocycles. The number of nitrogens with zero attached hydrogens (tertiary/aromatic N) is 2. The molecule has 17 heavy (non-hydrogen) atoms. The van der Waals surface area contributed by atoms with Crippen molar-refractivity contribution in [1.29, 1.82) is 0 Å². The van der Waals surface area contributed by atoms with Crippen LogP contribution in [0.3, 0.4) is 0 Å². The summed E-state index contributed by atoms with van der Waals surface area (Å²) in [6.45, 7) is 3.91. The number of benzene rings is 1.